The zero-order valence-electron chi connectivity index (χ0n) is 12.2. The van der Waals surface area contributed by atoms with E-state index in [2.05, 4.69) is 10.1 Å². The van der Waals surface area contributed by atoms with Gasteiger partial charge in [-0.25, -0.2) is 4.98 Å². The van der Waals surface area contributed by atoms with E-state index in [0.717, 1.165) is 24.9 Å². The topological polar surface area (TPSA) is 90.2 Å². The first kappa shape index (κ1) is 13.8. The molecule has 7 heteroatoms. The average molecular weight is 289 g/mol. The monoisotopic (exact) mass is 289 g/mol. The van der Waals surface area contributed by atoms with Gasteiger partial charge in [0.1, 0.15) is 5.76 Å². The highest BCUT2D eigenvalue weighted by Gasteiger charge is 2.31. The van der Waals surface area contributed by atoms with E-state index in [1.54, 1.807) is 28.9 Å². The predicted molar refractivity (Wildman–Crippen MR) is 76.6 cm³/mol. The van der Waals surface area contributed by atoms with Gasteiger partial charge >= 0.3 is 0 Å². The smallest absolute Gasteiger partial charge is 0.276 e. The fourth-order valence-electron chi connectivity index (χ4n) is 2.73. The quantitative estimate of drug-likeness (QED) is 0.908. The summed E-state index contributed by atoms with van der Waals surface area (Å²) in [5.74, 6) is 0.855. The number of hydrogen-bond acceptors (Lipinski definition) is 5. The highest BCUT2D eigenvalue weighted by atomic mass is 16.4. The summed E-state index contributed by atoms with van der Waals surface area (Å²) in [6.45, 7) is 2.97. The maximum absolute atomic E-state index is 12.6. The van der Waals surface area contributed by atoms with Crippen LogP contribution in [-0.2, 0) is 7.05 Å². The number of carbonyl (C=O) groups is 1. The van der Waals surface area contributed by atoms with Crippen molar-refractivity contribution in [3.8, 4) is 11.5 Å². The zero-order valence-corrected chi connectivity index (χ0v) is 12.2. The summed E-state index contributed by atoms with van der Waals surface area (Å²) in [7, 11) is 1.82. The lowest BCUT2D eigenvalue weighted by atomic mass is 10.2. The molecule has 3 rings (SSSR count). The lowest BCUT2D eigenvalue weighted by molar-refractivity contribution is 0.0734. The summed E-state index contributed by atoms with van der Waals surface area (Å²) < 4.78 is 7.29. The lowest BCUT2D eigenvalue weighted by Gasteiger charge is -2.22. The average Bonchev–Trinajstić information content (AvgIpc) is 3.16. The van der Waals surface area contributed by atoms with Gasteiger partial charge in [-0.1, -0.05) is 0 Å². The van der Waals surface area contributed by atoms with Gasteiger partial charge in [-0.2, -0.15) is 5.10 Å². The minimum atomic E-state index is -0.0978. The van der Waals surface area contributed by atoms with Gasteiger partial charge in [0.2, 0.25) is 5.89 Å². The Morgan fingerprint density at radius 1 is 1.57 bits per heavy atom. The highest BCUT2D eigenvalue weighted by Crippen LogP contribution is 2.24. The number of likely N-dealkylation sites (tertiary alicyclic amines) is 1. The maximum atomic E-state index is 12.6. The molecule has 1 fully saturated rings. The molecule has 0 bridgehead atoms. The molecule has 2 N–H and O–H groups in total. The second kappa shape index (κ2) is 5.33. The Bertz CT molecular complexity index is 660. The molecule has 1 unspecified atom stereocenters. The molecule has 0 radical (unpaired) electrons. The molecule has 2 aromatic heterocycles. The summed E-state index contributed by atoms with van der Waals surface area (Å²) in [4.78, 5) is 18.8. The van der Waals surface area contributed by atoms with Gasteiger partial charge in [0, 0.05) is 32.4 Å². The van der Waals surface area contributed by atoms with Gasteiger partial charge in [0.25, 0.3) is 5.91 Å². The summed E-state index contributed by atoms with van der Waals surface area (Å²) in [5, 5.41) is 4.08. The van der Waals surface area contributed by atoms with E-state index in [4.69, 9.17) is 10.2 Å². The van der Waals surface area contributed by atoms with Gasteiger partial charge in [0.15, 0.2) is 5.69 Å². The molecule has 0 aliphatic carbocycles. The minimum Gasteiger partial charge on any atom is -0.440 e. The number of oxazole rings is 1. The third-order valence-electron chi connectivity index (χ3n) is 3.86. The molecule has 0 aromatic carbocycles. The number of aryl methyl sites for hydroxylation is 2. The second-order valence-corrected chi connectivity index (χ2v) is 5.36. The van der Waals surface area contributed by atoms with Crippen LogP contribution in [-0.4, -0.2) is 44.7 Å². The fourth-order valence-corrected chi connectivity index (χ4v) is 2.73. The number of hydrogen-bond donors (Lipinski definition) is 1. The van der Waals surface area contributed by atoms with E-state index in [0.29, 0.717) is 23.9 Å². The van der Waals surface area contributed by atoms with Crippen LogP contribution in [0.3, 0.4) is 0 Å². The number of aromatic nitrogens is 3. The van der Waals surface area contributed by atoms with Crippen LogP contribution >= 0.6 is 0 Å². The summed E-state index contributed by atoms with van der Waals surface area (Å²) >= 11 is 0. The molecule has 1 aliphatic heterocycles. The van der Waals surface area contributed by atoms with Crippen molar-refractivity contribution in [3.05, 3.63) is 23.8 Å². The van der Waals surface area contributed by atoms with Crippen LogP contribution in [0.5, 0.6) is 0 Å². The Kier molecular flexibility index (Phi) is 3.50. The number of amides is 1. The maximum Gasteiger partial charge on any atom is 0.276 e. The first-order chi connectivity index (χ1) is 10.1. The normalized spacial score (nSPS) is 18.4. The number of rotatable bonds is 3. The second-order valence-electron chi connectivity index (χ2n) is 5.36. The van der Waals surface area contributed by atoms with E-state index in [1.165, 1.54) is 0 Å². The van der Waals surface area contributed by atoms with Crippen LogP contribution in [0.25, 0.3) is 11.5 Å². The number of nitrogens with zero attached hydrogens (tertiary/aromatic N) is 4. The van der Waals surface area contributed by atoms with Gasteiger partial charge in [-0.05, 0) is 19.8 Å². The molecule has 1 saturated heterocycles. The Morgan fingerprint density at radius 2 is 2.38 bits per heavy atom. The number of nitrogens with two attached hydrogens (primary N) is 1. The largest absolute Gasteiger partial charge is 0.440 e. The van der Waals surface area contributed by atoms with Crippen LogP contribution in [0.15, 0.2) is 16.8 Å². The molecule has 3 heterocycles. The van der Waals surface area contributed by atoms with Gasteiger partial charge in [-0.3, -0.25) is 9.48 Å². The highest BCUT2D eigenvalue weighted by molar-refractivity contribution is 5.94. The van der Waals surface area contributed by atoms with Gasteiger partial charge in [-0.15, -0.1) is 0 Å². The van der Waals surface area contributed by atoms with Crippen molar-refractivity contribution in [2.45, 2.75) is 25.8 Å². The van der Waals surface area contributed by atoms with Crippen molar-refractivity contribution >= 4 is 5.91 Å². The first-order valence-corrected chi connectivity index (χ1v) is 7.07. The summed E-state index contributed by atoms with van der Waals surface area (Å²) in [6, 6.07) is 0.107. The van der Waals surface area contributed by atoms with E-state index >= 15 is 0 Å². The Hall–Kier alpha value is -2.15. The van der Waals surface area contributed by atoms with E-state index < -0.39 is 0 Å². The molecule has 1 amide bonds. The van der Waals surface area contributed by atoms with E-state index in [-0.39, 0.29) is 11.9 Å². The predicted octanol–water partition coefficient (Wildman–Crippen LogP) is 0.947. The zero-order chi connectivity index (χ0) is 15.0. The van der Waals surface area contributed by atoms with Crippen molar-refractivity contribution in [2.24, 2.45) is 12.8 Å². The van der Waals surface area contributed by atoms with Crippen LogP contribution in [0.1, 0.15) is 29.1 Å². The van der Waals surface area contributed by atoms with Crippen LogP contribution in [0, 0.1) is 6.92 Å². The van der Waals surface area contributed by atoms with Crippen molar-refractivity contribution in [1.82, 2.24) is 19.7 Å². The van der Waals surface area contributed by atoms with Crippen molar-refractivity contribution in [2.75, 3.05) is 13.1 Å². The third kappa shape index (κ3) is 2.44. The third-order valence-corrected chi connectivity index (χ3v) is 3.86. The Labute approximate surface area is 122 Å². The van der Waals surface area contributed by atoms with Gasteiger partial charge < -0.3 is 15.1 Å². The Balaban J connectivity index is 1.89. The van der Waals surface area contributed by atoms with Crippen molar-refractivity contribution < 1.29 is 9.21 Å². The standard InChI is InChI=1S/C14H19N5O2/c1-9-12(14(20)19-5-3-4-11(19)6-15)17-13(21-9)10-7-16-18(2)8-10/h7-8,11H,3-6,15H2,1-2H3. The SMILES string of the molecule is Cc1oc(-c2cnn(C)c2)nc1C(=O)N1CCCC1CN. The Morgan fingerprint density at radius 3 is 3.05 bits per heavy atom. The molecular weight excluding hydrogens is 270 g/mol. The molecule has 112 valence electrons. The van der Waals surface area contributed by atoms with Crippen LogP contribution in [0.4, 0.5) is 0 Å². The molecule has 21 heavy (non-hydrogen) atoms. The molecular formula is C14H19N5O2. The van der Waals surface area contributed by atoms with Crippen molar-refractivity contribution in [1.29, 1.82) is 0 Å². The fraction of sp³-hybridized carbons (Fsp3) is 0.500. The van der Waals surface area contributed by atoms with Crippen LogP contribution in [0.2, 0.25) is 0 Å². The molecule has 2 aromatic rings. The van der Waals surface area contributed by atoms with Crippen molar-refractivity contribution in [3.63, 3.8) is 0 Å². The molecule has 7 nitrogen and oxygen atoms in total. The number of carbonyl (C=O) groups excluding carboxylic acids is 1. The van der Waals surface area contributed by atoms with E-state index in [9.17, 15) is 4.79 Å². The van der Waals surface area contributed by atoms with Gasteiger partial charge in [0.05, 0.1) is 11.8 Å². The first-order valence-electron chi connectivity index (χ1n) is 7.07. The lowest BCUT2D eigenvalue weighted by Crippen LogP contribution is -2.40. The molecule has 0 spiro atoms. The molecule has 0 saturated carbocycles. The minimum absolute atomic E-state index is 0.0978. The summed E-state index contributed by atoms with van der Waals surface area (Å²) in [6.07, 6.45) is 5.41. The van der Waals surface area contributed by atoms with E-state index in [1.807, 2.05) is 7.05 Å². The summed E-state index contributed by atoms with van der Waals surface area (Å²) in [5.41, 5.74) is 6.86. The van der Waals surface area contributed by atoms with Crippen LogP contribution < -0.4 is 5.73 Å². The molecule has 1 atom stereocenters. The molecule has 1 aliphatic rings.